The maximum atomic E-state index is 5.98. The number of nitrogens with one attached hydrogen (secondary N) is 1. The average Bonchev–Trinajstić information content (AvgIpc) is 2.47. The summed E-state index contributed by atoms with van der Waals surface area (Å²) in [4.78, 5) is 0. The number of nitrogens with two attached hydrogens (primary N) is 1. The zero-order valence-corrected chi connectivity index (χ0v) is 11.9. The zero-order valence-electron chi connectivity index (χ0n) is 11.9. The average molecular weight is 262 g/mol. The molecule has 0 amide bonds. The van der Waals surface area contributed by atoms with Gasteiger partial charge >= 0.3 is 0 Å². The van der Waals surface area contributed by atoms with Gasteiger partial charge in [0, 0.05) is 25.7 Å². The molecular weight excluding hydrogens is 236 g/mol. The number of benzene rings is 1. The van der Waals surface area contributed by atoms with Gasteiger partial charge in [-0.1, -0.05) is 43.5 Å². The highest BCUT2D eigenvalue weighted by atomic mass is 16.5. The van der Waals surface area contributed by atoms with Crippen molar-refractivity contribution < 1.29 is 4.74 Å². The SMILES string of the molecule is COCc1ccccc1C(CN)NC1CCCCC1. The molecule has 0 heterocycles. The molecule has 0 bridgehead atoms. The molecule has 1 fully saturated rings. The predicted octanol–water partition coefficient (Wildman–Crippen LogP) is 2.76. The standard InChI is InChI=1S/C16H26N2O/c1-19-12-13-7-5-6-10-15(13)16(11-17)18-14-8-3-2-4-9-14/h5-7,10,14,16,18H,2-4,8-9,11-12,17H2,1H3. The van der Waals surface area contributed by atoms with Crippen molar-refractivity contribution in [3.05, 3.63) is 35.4 Å². The maximum absolute atomic E-state index is 5.98. The summed E-state index contributed by atoms with van der Waals surface area (Å²) in [5.74, 6) is 0. The predicted molar refractivity (Wildman–Crippen MR) is 79.0 cm³/mol. The molecule has 0 saturated heterocycles. The molecule has 1 aliphatic rings. The smallest absolute Gasteiger partial charge is 0.0716 e. The molecule has 19 heavy (non-hydrogen) atoms. The van der Waals surface area contributed by atoms with Crippen LogP contribution in [-0.4, -0.2) is 19.7 Å². The molecule has 0 radical (unpaired) electrons. The van der Waals surface area contributed by atoms with Gasteiger partial charge in [0.25, 0.3) is 0 Å². The van der Waals surface area contributed by atoms with E-state index in [9.17, 15) is 0 Å². The van der Waals surface area contributed by atoms with Crippen LogP contribution >= 0.6 is 0 Å². The molecule has 3 heteroatoms. The zero-order chi connectivity index (χ0) is 13.5. The Morgan fingerprint density at radius 3 is 2.68 bits per heavy atom. The van der Waals surface area contributed by atoms with Gasteiger partial charge in [0.2, 0.25) is 0 Å². The molecular formula is C16H26N2O. The molecule has 0 spiro atoms. The fraction of sp³-hybridized carbons (Fsp3) is 0.625. The number of rotatable bonds is 6. The first-order valence-corrected chi connectivity index (χ1v) is 7.38. The third kappa shape index (κ3) is 4.03. The second-order valence-corrected chi connectivity index (χ2v) is 5.42. The van der Waals surface area contributed by atoms with Crippen molar-refractivity contribution in [3.63, 3.8) is 0 Å². The lowest BCUT2D eigenvalue weighted by atomic mass is 9.93. The third-order valence-corrected chi connectivity index (χ3v) is 4.01. The first-order valence-electron chi connectivity index (χ1n) is 7.38. The van der Waals surface area contributed by atoms with E-state index in [4.69, 9.17) is 10.5 Å². The Labute approximate surface area is 116 Å². The van der Waals surface area contributed by atoms with Crippen LogP contribution in [0.15, 0.2) is 24.3 Å². The van der Waals surface area contributed by atoms with E-state index in [0.29, 0.717) is 19.2 Å². The van der Waals surface area contributed by atoms with Crippen molar-refractivity contribution >= 4 is 0 Å². The quantitative estimate of drug-likeness (QED) is 0.828. The number of ether oxygens (including phenoxy) is 1. The Bertz CT molecular complexity index is 375. The molecule has 3 N–H and O–H groups in total. The Kier molecular flexibility index (Phi) is 5.83. The van der Waals surface area contributed by atoms with Gasteiger partial charge in [-0.25, -0.2) is 0 Å². The summed E-state index contributed by atoms with van der Waals surface area (Å²) in [6, 6.07) is 9.31. The molecule has 0 aromatic heterocycles. The molecule has 3 nitrogen and oxygen atoms in total. The van der Waals surface area contributed by atoms with Gasteiger partial charge in [0.1, 0.15) is 0 Å². The Morgan fingerprint density at radius 2 is 2.00 bits per heavy atom. The van der Waals surface area contributed by atoms with E-state index < -0.39 is 0 Å². The second kappa shape index (κ2) is 7.63. The Balaban J connectivity index is 2.07. The summed E-state index contributed by atoms with van der Waals surface area (Å²) in [5.41, 5.74) is 8.51. The van der Waals surface area contributed by atoms with E-state index in [2.05, 4.69) is 29.6 Å². The minimum Gasteiger partial charge on any atom is -0.380 e. The topological polar surface area (TPSA) is 47.3 Å². The molecule has 2 rings (SSSR count). The minimum atomic E-state index is 0.245. The van der Waals surface area contributed by atoms with Crippen molar-refractivity contribution in [2.24, 2.45) is 5.73 Å². The fourth-order valence-corrected chi connectivity index (χ4v) is 3.00. The Morgan fingerprint density at radius 1 is 1.26 bits per heavy atom. The van der Waals surface area contributed by atoms with Crippen LogP contribution in [0.3, 0.4) is 0 Å². The molecule has 0 aliphatic heterocycles. The van der Waals surface area contributed by atoms with Crippen LogP contribution in [0.2, 0.25) is 0 Å². The molecule has 1 saturated carbocycles. The summed E-state index contributed by atoms with van der Waals surface area (Å²) in [5, 5.41) is 3.74. The lowest BCUT2D eigenvalue weighted by molar-refractivity contribution is 0.183. The summed E-state index contributed by atoms with van der Waals surface area (Å²) in [7, 11) is 1.74. The highest BCUT2D eigenvalue weighted by molar-refractivity contribution is 5.30. The number of hydrogen-bond acceptors (Lipinski definition) is 3. The van der Waals surface area contributed by atoms with Crippen molar-refractivity contribution in [2.45, 2.75) is 50.8 Å². The van der Waals surface area contributed by atoms with Crippen molar-refractivity contribution in [3.8, 4) is 0 Å². The summed E-state index contributed by atoms with van der Waals surface area (Å²) >= 11 is 0. The van der Waals surface area contributed by atoms with Gasteiger partial charge < -0.3 is 15.8 Å². The van der Waals surface area contributed by atoms with E-state index >= 15 is 0 Å². The maximum Gasteiger partial charge on any atom is 0.0716 e. The van der Waals surface area contributed by atoms with Crippen LogP contribution in [0.5, 0.6) is 0 Å². The lowest BCUT2D eigenvalue weighted by Gasteiger charge is -2.29. The van der Waals surface area contributed by atoms with Gasteiger partial charge in [0.05, 0.1) is 6.61 Å². The largest absolute Gasteiger partial charge is 0.380 e. The molecule has 1 aliphatic carbocycles. The van der Waals surface area contributed by atoms with E-state index in [0.717, 1.165) is 0 Å². The van der Waals surface area contributed by atoms with Crippen molar-refractivity contribution in [2.75, 3.05) is 13.7 Å². The molecule has 1 atom stereocenters. The molecule has 1 aromatic rings. The van der Waals surface area contributed by atoms with Crippen molar-refractivity contribution in [1.82, 2.24) is 5.32 Å². The number of methoxy groups -OCH3 is 1. The van der Waals surface area contributed by atoms with Gasteiger partial charge in [-0.05, 0) is 24.0 Å². The van der Waals surface area contributed by atoms with Gasteiger partial charge in [0.15, 0.2) is 0 Å². The monoisotopic (exact) mass is 262 g/mol. The van der Waals surface area contributed by atoms with Crippen molar-refractivity contribution in [1.29, 1.82) is 0 Å². The van der Waals surface area contributed by atoms with E-state index in [-0.39, 0.29) is 6.04 Å². The third-order valence-electron chi connectivity index (χ3n) is 4.01. The van der Waals surface area contributed by atoms with Crippen LogP contribution in [0, 0.1) is 0 Å². The van der Waals surface area contributed by atoms with Gasteiger partial charge in [-0.15, -0.1) is 0 Å². The highest BCUT2D eigenvalue weighted by Crippen LogP contribution is 2.23. The van der Waals surface area contributed by atoms with Crippen LogP contribution < -0.4 is 11.1 Å². The van der Waals surface area contributed by atoms with E-state index in [1.807, 2.05) is 0 Å². The van der Waals surface area contributed by atoms with Crippen LogP contribution in [0.4, 0.5) is 0 Å². The van der Waals surface area contributed by atoms with E-state index in [1.165, 1.54) is 43.2 Å². The summed E-state index contributed by atoms with van der Waals surface area (Å²) < 4.78 is 5.28. The summed E-state index contributed by atoms with van der Waals surface area (Å²) in [6.45, 7) is 1.29. The number of hydrogen-bond donors (Lipinski definition) is 2. The molecule has 106 valence electrons. The normalized spacial score (nSPS) is 18.4. The van der Waals surface area contributed by atoms with Gasteiger partial charge in [-0.3, -0.25) is 0 Å². The Hall–Kier alpha value is -0.900. The summed E-state index contributed by atoms with van der Waals surface area (Å²) in [6.07, 6.45) is 6.63. The first-order chi connectivity index (χ1) is 9.35. The van der Waals surface area contributed by atoms with E-state index in [1.54, 1.807) is 7.11 Å². The fourth-order valence-electron chi connectivity index (χ4n) is 3.00. The van der Waals surface area contributed by atoms with Crippen LogP contribution in [-0.2, 0) is 11.3 Å². The molecule has 1 aromatic carbocycles. The lowest BCUT2D eigenvalue weighted by Crippen LogP contribution is -2.38. The highest BCUT2D eigenvalue weighted by Gasteiger charge is 2.19. The first kappa shape index (κ1) is 14.5. The van der Waals surface area contributed by atoms with Gasteiger partial charge in [-0.2, -0.15) is 0 Å². The minimum absolute atomic E-state index is 0.245. The molecule has 1 unspecified atom stereocenters. The second-order valence-electron chi connectivity index (χ2n) is 5.42. The van der Waals surface area contributed by atoms with Crippen LogP contribution in [0.1, 0.15) is 49.3 Å². The van der Waals surface area contributed by atoms with Crippen LogP contribution in [0.25, 0.3) is 0 Å².